The second-order valence-electron chi connectivity index (χ2n) is 7.08. The predicted molar refractivity (Wildman–Crippen MR) is 118 cm³/mol. The van der Waals surface area contributed by atoms with E-state index in [2.05, 4.69) is 70.9 Å². The third-order valence-electron chi connectivity index (χ3n) is 4.99. The molecule has 0 amide bonds. The Balaban J connectivity index is 1.63. The fourth-order valence-corrected chi connectivity index (χ4v) is 4.03. The minimum absolute atomic E-state index is 0.701. The summed E-state index contributed by atoms with van der Waals surface area (Å²) in [6.07, 6.45) is 1.05. The minimum atomic E-state index is 0.701. The van der Waals surface area contributed by atoms with E-state index in [0.717, 1.165) is 58.3 Å². The molecule has 1 aromatic heterocycles. The molecule has 2 heterocycles. The van der Waals surface area contributed by atoms with Crippen LogP contribution in [0.15, 0.2) is 46.8 Å². The Labute approximate surface area is 173 Å². The second kappa shape index (κ2) is 11.2. The molecule has 1 aliphatic rings. The Kier molecular flexibility index (Phi) is 8.33. The topological polar surface area (TPSA) is 40.1 Å². The zero-order chi connectivity index (χ0) is 19.6. The molecule has 1 N–H and O–H groups in total. The summed E-state index contributed by atoms with van der Waals surface area (Å²) in [5.41, 5.74) is 2.67. The highest BCUT2D eigenvalue weighted by Gasteiger charge is 2.13. The summed E-state index contributed by atoms with van der Waals surface area (Å²) in [5, 5.41) is 5.57. The van der Waals surface area contributed by atoms with Gasteiger partial charge in [0, 0.05) is 44.6 Å². The highest BCUT2D eigenvalue weighted by Crippen LogP contribution is 2.14. The number of thiophene rings is 1. The van der Waals surface area contributed by atoms with Crippen LogP contribution < -0.4 is 5.32 Å². The van der Waals surface area contributed by atoms with E-state index >= 15 is 0 Å². The van der Waals surface area contributed by atoms with E-state index < -0.39 is 0 Å². The lowest BCUT2D eigenvalue weighted by molar-refractivity contribution is 0.0341. The highest BCUT2D eigenvalue weighted by molar-refractivity contribution is 7.09. The van der Waals surface area contributed by atoms with Crippen LogP contribution in [0, 0.1) is 0 Å². The van der Waals surface area contributed by atoms with Crippen molar-refractivity contribution >= 4 is 17.3 Å². The van der Waals surface area contributed by atoms with E-state index in [1.165, 1.54) is 16.0 Å². The largest absolute Gasteiger partial charge is 0.379 e. The van der Waals surface area contributed by atoms with E-state index in [0.29, 0.717) is 6.54 Å². The first kappa shape index (κ1) is 20.8. The van der Waals surface area contributed by atoms with Crippen LogP contribution >= 0.6 is 11.3 Å². The monoisotopic (exact) mass is 400 g/mol. The molecule has 5 nitrogen and oxygen atoms in total. The van der Waals surface area contributed by atoms with Crippen molar-refractivity contribution in [1.29, 1.82) is 0 Å². The summed E-state index contributed by atoms with van der Waals surface area (Å²) in [7, 11) is 2.12. The molecule has 0 saturated carbocycles. The fourth-order valence-electron chi connectivity index (χ4n) is 3.33. The van der Waals surface area contributed by atoms with E-state index in [4.69, 9.17) is 9.73 Å². The first-order valence-electron chi connectivity index (χ1n) is 10.1. The molecule has 28 heavy (non-hydrogen) atoms. The van der Waals surface area contributed by atoms with Gasteiger partial charge in [0.1, 0.15) is 0 Å². The molecule has 1 aliphatic heterocycles. The molecule has 3 rings (SSSR count). The summed E-state index contributed by atoms with van der Waals surface area (Å²) < 4.78 is 5.47. The molecule has 0 atom stereocenters. The van der Waals surface area contributed by atoms with Gasteiger partial charge in [-0.2, -0.15) is 0 Å². The Morgan fingerprint density at radius 2 is 1.96 bits per heavy atom. The van der Waals surface area contributed by atoms with Crippen molar-refractivity contribution in [2.24, 2.45) is 4.99 Å². The average molecular weight is 401 g/mol. The van der Waals surface area contributed by atoms with E-state index in [1.54, 1.807) is 0 Å². The molecule has 0 aliphatic carbocycles. The van der Waals surface area contributed by atoms with Gasteiger partial charge in [0.25, 0.3) is 0 Å². The van der Waals surface area contributed by atoms with Gasteiger partial charge in [-0.1, -0.05) is 30.3 Å². The van der Waals surface area contributed by atoms with Gasteiger partial charge in [0.15, 0.2) is 5.96 Å². The maximum Gasteiger partial charge on any atom is 0.193 e. The van der Waals surface area contributed by atoms with Gasteiger partial charge in [-0.05, 0) is 35.9 Å². The number of ether oxygens (including phenoxy) is 1. The number of hydrogen-bond acceptors (Lipinski definition) is 4. The summed E-state index contributed by atoms with van der Waals surface area (Å²) in [6, 6.07) is 13.0. The van der Waals surface area contributed by atoms with Gasteiger partial charge in [-0.3, -0.25) is 4.90 Å². The fraction of sp³-hybridized carbons (Fsp3) is 0.500. The average Bonchev–Trinajstić information content (AvgIpc) is 3.25. The van der Waals surface area contributed by atoms with Crippen molar-refractivity contribution < 1.29 is 4.74 Å². The van der Waals surface area contributed by atoms with Gasteiger partial charge < -0.3 is 15.0 Å². The molecule has 1 fully saturated rings. The van der Waals surface area contributed by atoms with Crippen LogP contribution in [-0.4, -0.2) is 62.2 Å². The van der Waals surface area contributed by atoms with Gasteiger partial charge in [0.05, 0.1) is 19.8 Å². The van der Waals surface area contributed by atoms with E-state index in [1.807, 2.05) is 11.3 Å². The maximum absolute atomic E-state index is 5.47. The molecule has 0 bridgehead atoms. The Bertz CT molecular complexity index is 726. The van der Waals surface area contributed by atoms with Crippen LogP contribution in [0.3, 0.4) is 0 Å². The molecule has 0 spiro atoms. The molecular formula is C22H32N4OS. The van der Waals surface area contributed by atoms with Crippen molar-refractivity contribution in [2.75, 3.05) is 46.4 Å². The lowest BCUT2D eigenvalue weighted by Gasteiger charge is -2.27. The number of morpholine rings is 1. The zero-order valence-corrected chi connectivity index (χ0v) is 17.9. The Morgan fingerprint density at radius 3 is 2.68 bits per heavy atom. The van der Waals surface area contributed by atoms with Gasteiger partial charge in [-0.25, -0.2) is 4.99 Å². The maximum atomic E-state index is 5.47. The third kappa shape index (κ3) is 6.33. The molecule has 152 valence electrons. The van der Waals surface area contributed by atoms with Crippen molar-refractivity contribution in [3.05, 3.63) is 57.8 Å². The minimum Gasteiger partial charge on any atom is -0.379 e. The van der Waals surface area contributed by atoms with Crippen LogP contribution in [0.25, 0.3) is 0 Å². The normalized spacial score (nSPS) is 15.6. The number of hydrogen-bond donors (Lipinski definition) is 1. The third-order valence-corrected chi connectivity index (χ3v) is 5.92. The van der Waals surface area contributed by atoms with Crippen LogP contribution in [0.4, 0.5) is 0 Å². The Morgan fingerprint density at radius 1 is 1.18 bits per heavy atom. The number of rotatable bonds is 8. The molecule has 2 aromatic rings. The number of nitrogens with zero attached hydrogens (tertiary/aromatic N) is 3. The molecule has 0 unspecified atom stereocenters. The highest BCUT2D eigenvalue weighted by atomic mass is 32.1. The number of guanidine groups is 1. The van der Waals surface area contributed by atoms with Crippen molar-refractivity contribution in [2.45, 2.75) is 26.4 Å². The van der Waals surface area contributed by atoms with Crippen LogP contribution in [-0.2, 0) is 24.2 Å². The molecule has 6 heteroatoms. The standard InChI is InChI=1S/C22H32N4OS/c1-3-23-22(25(2)11-10-21-9-6-16-28-21)24-17-19-7-4-5-8-20(19)18-26-12-14-27-15-13-26/h4-9,16H,3,10-15,17-18H2,1-2H3,(H,23,24). The number of likely N-dealkylation sites (N-methyl/N-ethyl adjacent to an activating group) is 1. The summed E-state index contributed by atoms with van der Waals surface area (Å²) in [4.78, 5) is 11.0. The van der Waals surface area contributed by atoms with E-state index in [9.17, 15) is 0 Å². The van der Waals surface area contributed by atoms with Crippen LogP contribution in [0.5, 0.6) is 0 Å². The van der Waals surface area contributed by atoms with Crippen LogP contribution in [0.1, 0.15) is 22.9 Å². The first-order valence-corrected chi connectivity index (χ1v) is 11.0. The SMILES string of the molecule is CCNC(=NCc1ccccc1CN1CCOCC1)N(C)CCc1cccs1. The van der Waals surface area contributed by atoms with Crippen molar-refractivity contribution in [1.82, 2.24) is 15.1 Å². The number of benzene rings is 1. The van der Waals surface area contributed by atoms with Crippen LogP contribution in [0.2, 0.25) is 0 Å². The van der Waals surface area contributed by atoms with Crippen molar-refractivity contribution in [3.8, 4) is 0 Å². The first-order chi connectivity index (χ1) is 13.8. The lowest BCUT2D eigenvalue weighted by atomic mass is 10.1. The quantitative estimate of drug-likeness (QED) is 0.546. The molecule has 0 radical (unpaired) electrons. The smallest absolute Gasteiger partial charge is 0.193 e. The number of nitrogens with one attached hydrogen (secondary N) is 1. The molecule has 1 aromatic carbocycles. The van der Waals surface area contributed by atoms with Gasteiger partial charge in [0.2, 0.25) is 0 Å². The molecule has 1 saturated heterocycles. The predicted octanol–water partition coefficient (Wildman–Crippen LogP) is 3.22. The van der Waals surface area contributed by atoms with Gasteiger partial charge in [-0.15, -0.1) is 11.3 Å². The zero-order valence-electron chi connectivity index (χ0n) is 17.1. The lowest BCUT2D eigenvalue weighted by Crippen LogP contribution is -2.40. The van der Waals surface area contributed by atoms with E-state index in [-0.39, 0.29) is 0 Å². The molecular weight excluding hydrogens is 368 g/mol. The number of aliphatic imine (C=N–C) groups is 1. The summed E-state index contributed by atoms with van der Waals surface area (Å²) >= 11 is 1.82. The second-order valence-corrected chi connectivity index (χ2v) is 8.11. The Hall–Kier alpha value is -1.89. The summed E-state index contributed by atoms with van der Waals surface area (Å²) in [6.45, 7) is 9.30. The van der Waals surface area contributed by atoms with Gasteiger partial charge >= 0.3 is 0 Å². The summed E-state index contributed by atoms with van der Waals surface area (Å²) in [5.74, 6) is 0.972. The van der Waals surface area contributed by atoms with Crippen molar-refractivity contribution in [3.63, 3.8) is 0 Å².